The van der Waals surface area contributed by atoms with Crippen molar-refractivity contribution in [3.8, 4) is 5.88 Å². The maximum atomic E-state index is 13.1. The molecule has 1 saturated heterocycles. The van der Waals surface area contributed by atoms with Gasteiger partial charge in [-0.25, -0.2) is 4.98 Å². The summed E-state index contributed by atoms with van der Waals surface area (Å²) in [5.74, 6) is 0.276. The highest BCUT2D eigenvalue weighted by Crippen LogP contribution is 2.27. The van der Waals surface area contributed by atoms with Gasteiger partial charge in [-0.05, 0) is 31.4 Å². The Morgan fingerprint density at radius 3 is 2.62 bits per heavy atom. The molecular formula is C20H23N3O3. The summed E-state index contributed by atoms with van der Waals surface area (Å²) in [6.07, 6.45) is 2.27. The molecule has 1 fully saturated rings. The number of rotatable bonds is 5. The molecule has 136 valence electrons. The van der Waals surface area contributed by atoms with E-state index >= 15 is 0 Å². The maximum absolute atomic E-state index is 13.1. The van der Waals surface area contributed by atoms with Crippen molar-refractivity contribution in [3.63, 3.8) is 0 Å². The highest BCUT2D eigenvalue weighted by atomic mass is 16.5. The second kappa shape index (κ2) is 7.99. The molecule has 0 aliphatic carbocycles. The second-order valence-electron chi connectivity index (χ2n) is 6.33. The van der Waals surface area contributed by atoms with Crippen LogP contribution >= 0.6 is 0 Å². The van der Waals surface area contributed by atoms with E-state index in [2.05, 4.69) is 10.3 Å². The van der Waals surface area contributed by atoms with Crippen molar-refractivity contribution >= 4 is 17.5 Å². The fraction of sp³-hybridized carbons (Fsp3) is 0.350. The van der Waals surface area contributed by atoms with Crippen molar-refractivity contribution in [2.75, 3.05) is 19.0 Å². The highest BCUT2D eigenvalue weighted by Gasteiger charge is 2.32. The van der Waals surface area contributed by atoms with Gasteiger partial charge in [-0.15, -0.1) is 0 Å². The van der Waals surface area contributed by atoms with Crippen molar-refractivity contribution in [3.05, 3.63) is 53.7 Å². The van der Waals surface area contributed by atoms with E-state index in [9.17, 15) is 9.59 Å². The molecule has 2 heterocycles. The van der Waals surface area contributed by atoms with Gasteiger partial charge in [-0.2, -0.15) is 0 Å². The van der Waals surface area contributed by atoms with E-state index < -0.39 is 6.04 Å². The fourth-order valence-corrected chi connectivity index (χ4v) is 3.19. The molecule has 26 heavy (non-hydrogen) atoms. The Hall–Kier alpha value is -2.89. The number of hydrogen-bond donors (Lipinski definition) is 1. The van der Waals surface area contributed by atoms with Gasteiger partial charge in [0.05, 0.1) is 18.5 Å². The Labute approximate surface area is 153 Å². The van der Waals surface area contributed by atoms with E-state index in [1.54, 1.807) is 24.1 Å². The summed E-state index contributed by atoms with van der Waals surface area (Å²) in [5.41, 5.74) is 2.08. The summed E-state index contributed by atoms with van der Waals surface area (Å²) in [6, 6.07) is 12.2. The molecule has 0 radical (unpaired) electrons. The molecule has 2 aromatic rings. The van der Waals surface area contributed by atoms with Crippen LogP contribution in [0.25, 0.3) is 0 Å². The lowest BCUT2D eigenvalue weighted by Gasteiger charge is -2.34. The van der Waals surface area contributed by atoms with Crippen LogP contribution in [0.15, 0.2) is 42.5 Å². The number of nitrogens with one attached hydrogen (secondary N) is 1. The number of anilines is 1. The molecule has 1 N–H and O–H groups in total. The van der Waals surface area contributed by atoms with E-state index in [1.165, 1.54) is 0 Å². The Kier molecular flexibility index (Phi) is 5.51. The molecule has 6 heteroatoms. The normalized spacial score (nSPS) is 15.5. The van der Waals surface area contributed by atoms with Crippen molar-refractivity contribution in [1.82, 2.24) is 9.88 Å². The number of hydrogen-bond acceptors (Lipinski definition) is 4. The van der Waals surface area contributed by atoms with Gasteiger partial charge in [0.25, 0.3) is 5.91 Å². The third kappa shape index (κ3) is 3.85. The first-order chi connectivity index (χ1) is 12.6. The molecule has 0 spiro atoms. The highest BCUT2D eigenvalue weighted by molar-refractivity contribution is 5.98. The van der Waals surface area contributed by atoms with Crippen LogP contribution in [0.1, 0.15) is 36.6 Å². The molecule has 3 rings (SSSR count). The summed E-state index contributed by atoms with van der Waals surface area (Å²) in [7, 11) is 1.55. The average molecular weight is 353 g/mol. The predicted molar refractivity (Wildman–Crippen MR) is 98.9 cm³/mol. The summed E-state index contributed by atoms with van der Waals surface area (Å²) < 4.78 is 5.10. The van der Waals surface area contributed by atoms with Crippen molar-refractivity contribution in [2.45, 2.75) is 32.2 Å². The van der Waals surface area contributed by atoms with Crippen LogP contribution in [0, 0.1) is 6.92 Å². The number of carbonyl (C=O) groups excluding carboxylic acids is 2. The molecule has 2 amide bonds. The van der Waals surface area contributed by atoms with Gasteiger partial charge in [-0.3, -0.25) is 9.59 Å². The summed E-state index contributed by atoms with van der Waals surface area (Å²) in [4.78, 5) is 31.5. The molecule has 0 bridgehead atoms. The lowest BCUT2D eigenvalue weighted by atomic mass is 10.0. The average Bonchev–Trinajstić information content (AvgIpc) is 2.66. The second-order valence-corrected chi connectivity index (χ2v) is 6.33. The number of aryl methyl sites for hydroxylation is 1. The molecule has 1 aliphatic heterocycles. The number of carbonyl (C=O) groups is 2. The molecule has 1 aromatic carbocycles. The lowest BCUT2D eigenvalue weighted by Crippen LogP contribution is -2.43. The number of benzene rings is 1. The first kappa shape index (κ1) is 17.9. The van der Waals surface area contributed by atoms with Gasteiger partial charge in [-0.1, -0.05) is 30.3 Å². The number of methoxy groups -OCH3 is 1. The molecule has 1 atom stereocenters. The lowest BCUT2D eigenvalue weighted by molar-refractivity contribution is -0.141. The minimum Gasteiger partial charge on any atom is -0.481 e. The van der Waals surface area contributed by atoms with Crippen molar-refractivity contribution in [2.24, 2.45) is 0 Å². The van der Waals surface area contributed by atoms with Gasteiger partial charge in [0.15, 0.2) is 0 Å². The zero-order chi connectivity index (χ0) is 18.5. The number of piperidine rings is 1. The van der Waals surface area contributed by atoms with Crippen LogP contribution < -0.4 is 10.1 Å². The van der Waals surface area contributed by atoms with Crippen molar-refractivity contribution < 1.29 is 14.3 Å². The smallest absolute Gasteiger partial charge is 0.251 e. The minimum atomic E-state index is -0.648. The minimum absolute atomic E-state index is 0.0184. The predicted octanol–water partition coefficient (Wildman–Crippen LogP) is 3.09. The molecular weight excluding hydrogens is 330 g/mol. The van der Waals surface area contributed by atoms with Gasteiger partial charge in [0, 0.05) is 19.0 Å². The van der Waals surface area contributed by atoms with Crippen LogP contribution in [0.3, 0.4) is 0 Å². The van der Waals surface area contributed by atoms with Crippen LogP contribution in [-0.2, 0) is 9.59 Å². The van der Waals surface area contributed by atoms with Gasteiger partial charge < -0.3 is 15.0 Å². The maximum Gasteiger partial charge on any atom is 0.251 e. The van der Waals surface area contributed by atoms with Crippen LogP contribution in [0.5, 0.6) is 5.88 Å². The summed E-state index contributed by atoms with van der Waals surface area (Å²) >= 11 is 0. The van der Waals surface area contributed by atoms with Gasteiger partial charge in [0.2, 0.25) is 11.8 Å². The summed E-state index contributed by atoms with van der Waals surface area (Å²) in [6.45, 7) is 2.40. The van der Waals surface area contributed by atoms with Gasteiger partial charge >= 0.3 is 0 Å². The van der Waals surface area contributed by atoms with E-state index in [0.717, 1.165) is 18.4 Å². The quantitative estimate of drug-likeness (QED) is 0.897. The number of nitrogens with zero attached hydrogens (tertiary/aromatic N) is 2. The molecule has 0 saturated carbocycles. The topological polar surface area (TPSA) is 71.5 Å². The largest absolute Gasteiger partial charge is 0.481 e. The first-order valence-corrected chi connectivity index (χ1v) is 8.77. The Morgan fingerprint density at radius 1 is 1.19 bits per heavy atom. The zero-order valence-corrected chi connectivity index (χ0v) is 15.1. The van der Waals surface area contributed by atoms with E-state index in [-0.39, 0.29) is 11.8 Å². The Bertz CT molecular complexity index is 792. The first-order valence-electron chi connectivity index (χ1n) is 8.77. The van der Waals surface area contributed by atoms with E-state index in [1.807, 2.05) is 37.3 Å². The standard InChI is InChI=1S/C20H23N3O3/c1-14-16(11-12-17(21-14)26-2)22-20(25)19(15-8-4-3-5-9-15)23-13-7-6-10-18(23)24/h3-5,8-9,11-12,19H,6-7,10,13H2,1-2H3,(H,22,25). The Balaban J connectivity index is 1.89. The molecule has 1 aromatic heterocycles. The number of amides is 2. The van der Waals surface area contributed by atoms with Crippen molar-refractivity contribution in [1.29, 1.82) is 0 Å². The zero-order valence-electron chi connectivity index (χ0n) is 15.1. The summed E-state index contributed by atoms with van der Waals surface area (Å²) in [5, 5.41) is 2.93. The van der Waals surface area contributed by atoms with E-state index in [0.29, 0.717) is 30.2 Å². The van der Waals surface area contributed by atoms with Crippen LogP contribution in [0.2, 0.25) is 0 Å². The third-order valence-corrected chi connectivity index (χ3v) is 4.56. The van der Waals surface area contributed by atoms with Crippen LogP contribution in [0.4, 0.5) is 5.69 Å². The molecule has 1 aliphatic rings. The number of likely N-dealkylation sites (tertiary alicyclic amines) is 1. The van der Waals surface area contributed by atoms with Crippen LogP contribution in [-0.4, -0.2) is 35.4 Å². The molecule has 6 nitrogen and oxygen atoms in total. The fourth-order valence-electron chi connectivity index (χ4n) is 3.19. The monoisotopic (exact) mass is 353 g/mol. The number of ether oxygens (including phenoxy) is 1. The molecule has 1 unspecified atom stereocenters. The number of pyridine rings is 1. The van der Waals surface area contributed by atoms with E-state index in [4.69, 9.17) is 4.74 Å². The third-order valence-electron chi connectivity index (χ3n) is 4.56. The number of aromatic nitrogens is 1. The SMILES string of the molecule is COc1ccc(NC(=O)C(c2ccccc2)N2CCCCC2=O)c(C)n1. The Morgan fingerprint density at radius 2 is 1.96 bits per heavy atom. The van der Waals surface area contributed by atoms with Gasteiger partial charge in [0.1, 0.15) is 6.04 Å².